The monoisotopic (exact) mass is 412 g/mol. The number of benzene rings is 3. The Balaban J connectivity index is 1.69. The maximum atomic E-state index is 6.12. The van der Waals surface area contributed by atoms with Crippen LogP contribution in [0.15, 0.2) is 76.1 Å². The van der Waals surface area contributed by atoms with E-state index in [9.17, 15) is 0 Å². The zero-order chi connectivity index (χ0) is 17.6. The van der Waals surface area contributed by atoms with Crippen molar-refractivity contribution in [2.75, 3.05) is 0 Å². The van der Waals surface area contributed by atoms with Crippen LogP contribution in [-0.2, 0) is 12.4 Å². The van der Waals surface area contributed by atoms with E-state index in [0.29, 0.717) is 6.61 Å². The van der Waals surface area contributed by atoms with Crippen LogP contribution in [0.3, 0.4) is 0 Å². The van der Waals surface area contributed by atoms with Crippen LogP contribution in [0.4, 0.5) is 0 Å². The molecule has 0 amide bonds. The predicted octanol–water partition coefficient (Wildman–Crippen LogP) is 6.94. The van der Waals surface area contributed by atoms with Gasteiger partial charge in [-0.05, 0) is 48.7 Å². The van der Waals surface area contributed by atoms with Crippen molar-refractivity contribution in [3.8, 4) is 5.75 Å². The molecule has 0 fully saturated rings. The van der Waals surface area contributed by atoms with Gasteiger partial charge in [0.15, 0.2) is 0 Å². The van der Waals surface area contributed by atoms with Gasteiger partial charge in [0.2, 0.25) is 0 Å². The van der Waals surface area contributed by atoms with Crippen molar-refractivity contribution < 1.29 is 4.74 Å². The highest BCUT2D eigenvalue weighted by Crippen LogP contribution is 2.28. The standard InChI is InChI=1S/C22H21BrOS/c1-16-7-6-8-17(2)22(16)24-14-19-13-18(11-12-21(19)23)15-25-20-9-4-3-5-10-20/h3-13H,14-15H2,1-2H3. The smallest absolute Gasteiger partial charge is 0.125 e. The van der Waals surface area contributed by atoms with Crippen LogP contribution < -0.4 is 4.74 Å². The molecular weight excluding hydrogens is 392 g/mol. The molecule has 0 atom stereocenters. The van der Waals surface area contributed by atoms with Crippen molar-refractivity contribution in [2.45, 2.75) is 31.1 Å². The molecule has 0 saturated carbocycles. The summed E-state index contributed by atoms with van der Waals surface area (Å²) in [5, 5.41) is 0. The lowest BCUT2D eigenvalue weighted by Crippen LogP contribution is -2.00. The summed E-state index contributed by atoms with van der Waals surface area (Å²) in [6.45, 7) is 4.74. The van der Waals surface area contributed by atoms with Crippen molar-refractivity contribution in [3.63, 3.8) is 0 Å². The molecule has 0 unspecified atom stereocenters. The van der Waals surface area contributed by atoms with Gasteiger partial charge in [-0.15, -0.1) is 11.8 Å². The lowest BCUT2D eigenvalue weighted by molar-refractivity contribution is 0.301. The Labute approximate surface area is 162 Å². The predicted molar refractivity (Wildman–Crippen MR) is 110 cm³/mol. The van der Waals surface area contributed by atoms with Crippen LogP contribution in [0.1, 0.15) is 22.3 Å². The van der Waals surface area contributed by atoms with Gasteiger partial charge in [0.1, 0.15) is 12.4 Å². The third kappa shape index (κ3) is 4.90. The minimum absolute atomic E-state index is 0.566. The van der Waals surface area contributed by atoms with Gasteiger partial charge in [-0.1, -0.05) is 64.5 Å². The van der Waals surface area contributed by atoms with E-state index in [1.807, 2.05) is 17.8 Å². The second-order valence-corrected chi connectivity index (χ2v) is 7.94. The van der Waals surface area contributed by atoms with Gasteiger partial charge in [0.05, 0.1) is 0 Å². The summed E-state index contributed by atoms with van der Waals surface area (Å²) in [5.41, 5.74) is 4.82. The molecule has 0 spiro atoms. The molecule has 1 nitrogen and oxygen atoms in total. The first-order chi connectivity index (χ1) is 12.1. The van der Waals surface area contributed by atoms with Crippen molar-refractivity contribution in [1.29, 1.82) is 0 Å². The molecule has 0 aliphatic heterocycles. The number of rotatable bonds is 6. The van der Waals surface area contributed by atoms with Gasteiger partial charge in [-0.2, -0.15) is 0 Å². The highest BCUT2D eigenvalue weighted by atomic mass is 79.9. The van der Waals surface area contributed by atoms with Gasteiger partial charge >= 0.3 is 0 Å². The molecule has 0 saturated heterocycles. The first-order valence-electron chi connectivity index (χ1n) is 8.27. The number of para-hydroxylation sites is 1. The van der Waals surface area contributed by atoms with E-state index in [1.165, 1.54) is 27.1 Å². The molecule has 0 aliphatic rings. The molecular formula is C22H21BrOS. The third-order valence-electron chi connectivity index (χ3n) is 4.04. The van der Waals surface area contributed by atoms with Crippen LogP contribution in [-0.4, -0.2) is 0 Å². The number of hydrogen-bond donors (Lipinski definition) is 0. The molecule has 0 heterocycles. The van der Waals surface area contributed by atoms with E-state index in [4.69, 9.17) is 4.74 Å². The number of aryl methyl sites for hydroxylation is 2. The summed E-state index contributed by atoms with van der Waals surface area (Å²) in [6, 6.07) is 23.3. The van der Waals surface area contributed by atoms with E-state index >= 15 is 0 Å². The van der Waals surface area contributed by atoms with Crippen molar-refractivity contribution in [3.05, 3.63) is 93.5 Å². The molecule has 3 aromatic rings. The Morgan fingerprint density at radius 1 is 0.880 bits per heavy atom. The summed E-state index contributed by atoms with van der Waals surface area (Å²) in [4.78, 5) is 1.29. The molecule has 0 bridgehead atoms. The average molecular weight is 413 g/mol. The van der Waals surface area contributed by atoms with Crippen LogP contribution in [0.5, 0.6) is 5.75 Å². The molecule has 0 radical (unpaired) electrons. The maximum Gasteiger partial charge on any atom is 0.125 e. The van der Waals surface area contributed by atoms with Gasteiger partial charge in [-0.3, -0.25) is 0 Å². The number of ether oxygens (including phenoxy) is 1. The fraction of sp³-hybridized carbons (Fsp3) is 0.182. The summed E-state index contributed by atoms with van der Waals surface area (Å²) in [5.74, 6) is 1.94. The van der Waals surface area contributed by atoms with Gasteiger partial charge < -0.3 is 4.74 Å². The summed E-state index contributed by atoms with van der Waals surface area (Å²) >= 11 is 5.50. The van der Waals surface area contributed by atoms with Crippen molar-refractivity contribution >= 4 is 27.7 Å². The highest BCUT2D eigenvalue weighted by molar-refractivity contribution is 9.10. The molecule has 128 valence electrons. The van der Waals surface area contributed by atoms with E-state index in [-0.39, 0.29) is 0 Å². The zero-order valence-corrected chi connectivity index (χ0v) is 16.9. The van der Waals surface area contributed by atoms with Crippen LogP contribution in [0.2, 0.25) is 0 Å². The van der Waals surface area contributed by atoms with Gasteiger partial charge in [0, 0.05) is 20.7 Å². The van der Waals surface area contributed by atoms with Gasteiger partial charge in [-0.25, -0.2) is 0 Å². The molecule has 25 heavy (non-hydrogen) atoms. The maximum absolute atomic E-state index is 6.12. The Morgan fingerprint density at radius 2 is 1.60 bits per heavy atom. The quantitative estimate of drug-likeness (QED) is 0.405. The third-order valence-corrected chi connectivity index (χ3v) is 5.90. The first kappa shape index (κ1) is 18.1. The summed E-state index contributed by atoms with van der Waals surface area (Å²) in [6.07, 6.45) is 0. The van der Waals surface area contributed by atoms with Crippen molar-refractivity contribution in [2.24, 2.45) is 0 Å². The zero-order valence-electron chi connectivity index (χ0n) is 14.5. The summed E-state index contributed by atoms with van der Waals surface area (Å²) in [7, 11) is 0. The fourth-order valence-corrected chi connectivity index (χ4v) is 3.91. The molecule has 3 aromatic carbocycles. The molecule has 0 aliphatic carbocycles. The van der Waals surface area contributed by atoms with Gasteiger partial charge in [0.25, 0.3) is 0 Å². The molecule has 3 heteroatoms. The molecule has 0 N–H and O–H groups in total. The van der Waals surface area contributed by atoms with E-state index in [2.05, 4.69) is 90.4 Å². The minimum Gasteiger partial charge on any atom is -0.488 e. The van der Waals surface area contributed by atoms with Crippen LogP contribution in [0.25, 0.3) is 0 Å². The minimum atomic E-state index is 0.566. The highest BCUT2D eigenvalue weighted by Gasteiger charge is 2.07. The Hall–Kier alpha value is -1.71. The second kappa shape index (κ2) is 8.59. The summed E-state index contributed by atoms with van der Waals surface area (Å²) < 4.78 is 7.21. The van der Waals surface area contributed by atoms with E-state index in [0.717, 1.165) is 16.0 Å². The van der Waals surface area contributed by atoms with Crippen LogP contribution >= 0.6 is 27.7 Å². The lowest BCUT2D eigenvalue weighted by Gasteiger charge is -2.14. The van der Waals surface area contributed by atoms with Crippen LogP contribution in [0, 0.1) is 13.8 Å². The number of hydrogen-bond acceptors (Lipinski definition) is 2. The largest absolute Gasteiger partial charge is 0.488 e. The van der Waals surface area contributed by atoms with E-state index in [1.54, 1.807) is 0 Å². The normalized spacial score (nSPS) is 10.7. The van der Waals surface area contributed by atoms with Crippen molar-refractivity contribution in [1.82, 2.24) is 0 Å². The number of thioether (sulfide) groups is 1. The Bertz CT molecular complexity index is 826. The topological polar surface area (TPSA) is 9.23 Å². The SMILES string of the molecule is Cc1cccc(C)c1OCc1cc(CSc2ccccc2)ccc1Br. The Kier molecular flexibility index (Phi) is 6.22. The number of halogens is 1. The second-order valence-electron chi connectivity index (χ2n) is 6.04. The average Bonchev–Trinajstić information content (AvgIpc) is 2.62. The Morgan fingerprint density at radius 3 is 2.32 bits per heavy atom. The lowest BCUT2D eigenvalue weighted by atomic mass is 10.1. The first-order valence-corrected chi connectivity index (χ1v) is 10.1. The fourth-order valence-electron chi connectivity index (χ4n) is 2.69. The molecule has 0 aromatic heterocycles. The molecule has 3 rings (SSSR count). The van der Waals surface area contributed by atoms with E-state index < -0.39 is 0 Å².